The monoisotopic (exact) mass is 257 g/mol. The van der Waals surface area contributed by atoms with Crippen LogP contribution < -0.4 is 4.74 Å². The van der Waals surface area contributed by atoms with Crippen molar-refractivity contribution < 1.29 is 4.74 Å². The van der Waals surface area contributed by atoms with E-state index >= 15 is 0 Å². The summed E-state index contributed by atoms with van der Waals surface area (Å²) in [6.07, 6.45) is 0.919. The maximum Gasteiger partial charge on any atom is 0.125 e. The van der Waals surface area contributed by atoms with Crippen LogP contribution in [0.15, 0.2) is 29.0 Å². The molecule has 2 rings (SSSR count). The Balaban J connectivity index is 2.03. The first-order chi connectivity index (χ1) is 8.70. The highest BCUT2D eigenvalue weighted by Crippen LogP contribution is 2.24. The number of thiophene rings is 1. The van der Waals surface area contributed by atoms with E-state index in [-0.39, 0.29) is 0 Å². The summed E-state index contributed by atoms with van der Waals surface area (Å²) in [5.74, 6) is 0.907. The second-order valence-corrected chi connectivity index (χ2v) is 5.06. The molecule has 0 saturated heterocycles. The first kappa shape index (κ1) is 12.7. The maximum absolute atomic E-state index is 8.89. The van der Waals surface area contributed by atoms with Gasteiger partial charge >= 0.3 is 0 Å². The van der Waals surface area contributed by atoms with Gasteiger partial charge in [0.15, 0.2) is 0 Å². The summed E-state index contributed by atoms with van der Waals surface area (Å²) in [4.78, 5) is 0. The zero-order valence-corrected chi connectivity index (χ0v) is 11.4. The Bertz CT molecular complexity index is 544. The molecule has 1 aromatic heterocycles. The molecule has 1 heterocycles. The van der Waals surface area contributed by atoms with Crippen molar-refractivity contribution in [2.75, 3.05) is 6.61 Å². The van der Waals surface area contributed by atoms with Gasteiger partial charge in [-0.3, -0.25) is 0 Å². The Kier molecular flexibility index (Phi) is 4.01. The SMILES string of the molecule is Cc1cc(C#N)cc(C)c1OCCc1ccsc1. The zero-order chi connectivity index (χ0) is 13.0. The minimum Gasteiger partial charge on any atom is -0.493 e. The fourth-order valence-electron chi connectivity index (χ4n) is 1.95. The average Bonchev–Trinajstić information content (AvgIpc) is 2.85. The van der Waals surface area contributed by atoms with Crippen molar-refractivity contribution in [3.05, 3.63) is 51.2 Å². The largest absolute Gasteiger partial charge is 0.493 e. The Morgan fingerprint density at radius 2 is 2.00 bits per heavy atom. The van der Waals surface area contributed by atoms with Crippen LogP contribution in [0, 0.1) is 25.2 Å². The van der Waals surface area contributed by atoms with E-state index in [1.165, 1.54) is 5.56 Å². The summed E-state index contributed by atoms with van der Waals surface area (Å²) in [5, 5.41) is 13.1. The molecule has 0 unspecified atom stereocenters. The van der Waals surface area contributed by atoms with Gasteiger partial charge in [0, 0.05) is 6.42 Å². The van der Waals surface area contributed by atoms with Crippen molar-refractivity contribution in [3.8, 4) is 11.8 Å². The predicted octanol–water partition coefficient (Wildman–Crippen LogP) is 3.86. The summed E-state index contributed by atoms with van der Waals surface area (Å²) in [6.45, 7) is 4.63. The molecular weight excluding hydrogens is 242 g/mol. The van der Waals surface area contributed by atoms with E-state index in [9.17, 15) is 0 Å². The molecule has 0 amide bonds. The summed E-state index contributed by atoms with van der Waals surface area (Å²) in [5.41, 5.74) is 4.05. The maximum atomic E-state index is 8.89. The molecule has 2 aromatic rings. The summed E-state index contributed by atoms with van der Waals surface area (Å²) in [7, 11) is 0. The van der Waals surface area contributed by atoms with Crippen LogP contribution in [0.25, 0.3) is 0 Å². The number of rotatable bonds is 4. The molecule has 0 atom stereocenters. The van der Waals surface area contributed by atoms with Gasteiger partial charge in [-0.1, -0.05) is 0 Å². The van der Waals surface area contributed by atoms with Crippen molar-refractivity contribution in [3.63, 3.8) is 0 Å². The van der Waals surface area contributed by atoms with Crippen LogP contribution in [-0.2, 0) is 6.42 Å². The standard InChI is InChI=1S/C15H15NOS/c1-11-7-14(9-16)8-12(2)15(11)17-5-3-13-4-6-18-10-13/h4,6-8,10H,3,5H2,1-2H3. The third-order valence-corrected chi connectivity index (χ3v) is 3.54. The van der Waals surface area contributed by atoms with Crippen LogP contribution in [0.2, 0.25) is 0 Å². The lowest BCUT2D eigenvalue weighted by molar-refractivity contribution is 0.318. The van der Waals surface area contributed by atoms with Gasteiger partial charge < -0.3 is 4.74 Å². The van der Waals surface area contributed by atoms with Crippen molar-refractivity contribution >= 4 is 11.3 Å². The van der Waals surface area contributed by atoms with Crippen molar-refractivity contribution in [1.29, 1.82) is 5.26 Å². The van der Waals surface area contributed by atoms with Crippen LogP contribution in [0.5, 0.6) is 5.75 Å². The minimum atomic E-state index is 0.671. The summed E-state index contributed by atoms with van der Waals surface area (Å²) < 4.78 is 5.84. The molecule has 0 bridgehead atoms. The molecule has 0 fully saturated rings. The van der Waals surface area contributed by atoms with Gasteiger partial charge in [0.1, 0.15) is 5.75 Å². The molecule has 0 N–H and O–H groups in total. The Morgan fingerprint density at radius 3 is 2.56 bits per heavy atom. The third kappa shape index (κ3) is 2.91. The van der Waals surface area contributed by atoms with Gasteiger partial charge in [-0.25, -0.2) is 0 Å². The normalized spacial score (nSPS) is 10.1. The van der Waals surface area contributed by atoms with Gasteiger partial charge in [0.05, 0.1) is 18.2 Å². The molecule has 0 aliphatic heterocycles. The molecule has 18 heavy (non-hydrogen) atoms. The summed E-state index contributed by atoms with van der Waals surface area (Å²) in [6, 6.07) is 8.01. The second kappa shape index (κ2) is 5.70. The average molecular weight is 257 g/mol. The van der Waals surface area contributed by atoms with E-state index in [4.69, 9.17) is 10.00 Å². The molecule has 0 radical (unpaired) electrons. The minimum absolute atomic E-state index is 0.671. The number of hydrogen-bond donors (Lipinski definition) is 0. The van der Waals surface area contributed by atoms with E-state index in [0.29, 0.717) is 12.2 Å². The van der Waals surface area contributed by atoms with Crippen LogP contribution in [0.3, 0.4) is 0 Å². The van der Waals surface area contributed by atoms with E-state index < -0.39 is 0 Å². The second-order valence-electron chi connectivity index (χ2n) is 4.28. The Morgan fingerprint density at radius 1 is 1.28 bits per heavy atom. The highest BCUT2D eigenvalue weighted by Gasteiger charge is 2.06. The lowest BCUT2D eigenvalue weighted by atomic mass is 10.1. The van der Waals surface area contributed by atoms with Crippen LogP contribution in [0.4, 0.5) is 0 Å². The highest BCUT2D eigenvalue weighted by molar-refractivity contribution is 7.07. The van der Waals surface area contributed by atoms with E-state index in [0.717, 1.165) is 23.3 Å². The Labute approximate surface area is 111 Å². The van der Waals surface area contributed by atoms with Crippen molar-refractivity contribution in [1.82, 2.24) is 0 Å². The van der Waals surface area contributed by atoms with Gasteiger partial charge in [-0.05, 0) is 59.5 Å². The number of ether oxygens (including phenoxy) is 1. The fourth-order valence-corrected chi connectivity index (χ4v) is 2.65. The predicted molar refractivity (Wildman–Crippen MR) is 74.1 cm³/mol. The molecule has 0 aliphatic rings. The molecule has 92 valence electrons. The number of hydrogen-bond acceptors (Lipinski definition) is 3. The lowest BCUT2D eigenvalue weighted by Gasteiger charge is -2.12. The molecule has 1 aromatic carbocycles. The quantitative estimate of drug-likeness (QED) is 0.833. The first-order valence-corrected chi connectivity index (χ1v) is 6.80. The molecule has 0 aliphatic carbocycles. The lowest BCUT2D eigenvalue weighted by Crippen LogP contribution is -2.03. The van der Waals surface area contributed by atoms with Crippen LogP contribution in [-0.4, -0.2) is 6.61 Å². The molecule has 0 spiro atoms. The molecule has 2 nitrogen and oxygen atoms in total. The highest BCUT2D eigenvalue weighted by atomic mass is 32.1. The number of nitriles is 1. The topological polar surface area (TPSA) is 33.0 Å². The van der Waals surface area contributed by atoms with Crippen molar-refractivity contribution in [2.45, 2.75) is 20.3 Å². The number of benzene rings is 1. The third-order valence-electron chi connectivity index (χ3n) is 2.81. The zero-order valence-electron chi connectivity index (χ0n) is 10.6. The smallest absolute Gasteiger partial charge is 0.125 e. The number of nitrogens with zero attached hydrogens (tertiary/aromatic N) is 1. The Hall–Kier alpha value is -1.79. The van der Waals surface area contributed by atoms with E-state index in [1.807, 2.05) is 26.0 Å². The molecule has 0 saturated carbocycles. The van der Waals surface area contributed by atoms with Crippen LogP contribution >= 0.6 is 11.3 Å². The van der Waals surface area contributed by atoms with Gasteiger partial charge in [0.2, 0.25) is 0 Å². The van der Waals surface area contributed by atoms with E-state index in [1.54, 1.807) is 11.3 Å². The molecule has 3 heteroatoms. The van der Waals surface area contributed by atoms with Gasteiger partial charge in [0.25, 0.3) is 0 Å². The fraction of sp³-hybridized carbons (Fsp3) is 0.267. The summed E-state index contributed by atoms with van der Waals surface area (Å²) >= 11 is 1.71. The van der Waals surface area contributed by atoms with Crippen molar-refractivity contribution in [2.24, 2.45) is 0 Å². The molecular formula is C15H15NOS. The first-order valence-electron chi connectivity index (χ1n) is 5.86. The number of aryl methyl sites for hydroxylation is 2. The van der Waals surface area contributed by atoms with Gasteiger partial charge in [-0.15, -0.1) is 0 Å². The van der Waals surface area contributed by atoms with Gasteiger partial charge in [-0.2, -0.15) is 16.6 Å². The van der Waals surface area contributed by atoms with Crippen LogP contribution in [0.1, 0.15) is 22.3 Å². The van der Waals surface area contributed by atoms with E-state index in [2.05, 4.69) is 22.9 Å².